The van der Waals surface area contributed by atoms with E-state index in [1.54, 1.807) is 4.90 Å². The van der Waals surface area contributed by atoms with E-state index in [2.05, 4.69) is 15.6 Å². The van der Waals surface area contributed by atoms with Crippen molar-refractivity contribution < 1.29 is 28.2 Å². The second kappa shape index (κ2) is 13.7. The van der Waals surface area contributed by atoms with Crippen molar-refractivity contribution in [1.29, 1.82) is 0 Å². The number of sulfonamides is 1. The van der Waals surface area contributed by atoms with Gasteiger partial charge in [0.2, 0.25) is 21.8 Å². The summed E-state index contributed by atoms with van der Waals surface area (Å²) in [6.45, 7) is 4.65. The SMILES string of the molecule is CC(C)(CC(=O)N[C@H](Cc1c[nH]c2ccccc12)C(=O)N1CCC2(CC1)CN(S(C)(=O)=O)c1ccccc12)NC[C@@H](O)CO.Cl. The van der Waals surface area contributed by atoms with Crippen molar-refractivity contribution in [2.24, 2.45) is 0 Å². The number of likely N-dealkylation sites (tertiary alicyclic amines) is 1. The lowest BCUT2D eigenvalue weighted by molar-refractivity contribution is -0.138. The van der Waals surface area contributed by atoms with Crippen molar-refractivity contribution in [2.75, 3.05) is 43.3 Å². The number of carbonyl (C=O) groups is 2. The monoisotopic (exact) mass is 661 g/mol. The Morgan fingerprint density at radius 1 is 1.09 bits per heavy atom. The van der Waals surface area contributed by atoms with Crippen LogP contribution in [0.3, 0.4) is 0 Å². The number of rotatable bonds is 11. The predicted molar refractivity (Wildman–Crippen MR) is 177 cm³/mol. The van der Waals surface area contributed by atoms with Crippen LogP contribution in [0.5, 0.6) is 0 Å². The molecule has 45 heavy (non-hydrogen) atoms. The third-order valence-electron chi connectivity index (χ3n) is 8.98. The van der Waals surface area contributed by atoms with Crippen molar-refractivity contribution in [1.82, 2.24) is 20.5 Å². The van der Waals surface area contributed by atoms with Crippen LogP contribution in [0.4, 0.5) is 5.69 Å². The van der Waals surface area contributed by atoms with Crippen LogP contribution in [0.25, 0.3) is 10.9 Å². The van der Waals surface area contributed by atoms with Gasteiger partial charge < -0.3 is 30.7 Å². The van der Waals surface area contributed by atoms with Gasteiger partial charge in [-0.1, -0.05) is 36.4 Å². The summed E-state index contributed by atoms with van der Waals surface area (Å²) in [6.07, 6.45) is 3.75. The zero-order valence-electron chi connectivity index (χ0n) is 26.0. The van der Waals surface area contributed by atoms with E-state index in [1.165, 1.54) is 10.6 Å². The molecule has 1 aromatic heterocycles. The molecule has 1 fully saturated rings. The van der Waals surface area contributed by atoms with Crippen LogP contribution in [-0.4, -0.2) is 97.1 Å². The Bertz CT molecular complexity index is 1620. The van der Waals surface area contributed by atoms with Crippen molar-refractivity contribution in [2.45, 2.75) is 62.6 Å². The topological polar surface area (TPSA) is 155 Å². The van der Waals surface area contributed by atoms with Crippen molar-refractivity contribution in [3.05, 3.63) is 65.9 Å². The molecule has 5 N–H and O–H groups in total. The van der Waals surface area contributed by atoms with Gasteiger partial charge in [0.15, 0.2) is 0 Å². The number of anilines is 1. The second-order valence-electron chi connectivity index (χ2n) is 12.9. The van der Waals surface area contributed by atoms with E-state index in [0.29, 0.717) is 44.6 Å². The van der Waals surface area contributed by atoms with E-state index >= 15 is 0 Å². The highest BCUT2D eigenvalue weighted by Gasteiger charge is 2.48. The molecule has 2 amide bonds. The molecule has 2 aromatic carbocycles. The van der Waals surface area contributed by atoms with Crippen LogP contribution in [0.2, 0.25) is 0 Å². The van der Waals surface area contributed by atoms with Crippen LogP contribution >= 0.6 is 12.4 Å². The zero-order chi connectivity index (χ0) is 31.7. The van der Waals surface area contributed by atoms with Gasteiger partial charge in [0.25, 0.3) is 0 Å². The van der Waals surface area contributed by atoms with Crippen LogP contribution in [-0.2, 0) is 31.4 Å². The number of nitrogens with zero attached hydrogens (tertiary/aromatic N) is 2. The second-order valence-corrected chi connectivity index (χ2v) is 14.8. The number of aromatic amines is 1. The summed E-state index contributed by atoms with van der Waals surface area (Å²) >= 11 is 0. The van der Waals surface area contributed by atoms with E-state index in [9.17, 15) is 23.1 Å². The Kier molecular flexibility index (Phi) is 10.6. The standard InChI is InChI=1S/C32H43N5O6S.ClH/c1-31(2,34-19-23(39)20-38)17-29(40)35-27(16-22-18-33-26-10-6-4-8-24(22)26)30(41)36-14-12-32(13-15-36)21-37(44(3,42)43)28-11-7-5-9-25(28)32;/h4-11,18,23,27,33-34,38-39H,12-17,19-21H2,1-3H3,(H,35,40);1H/t23-,27-;/m1./s1. The third-order valence-corrected chi connectivity index (χ3v) is 10.1. The molecular formula is C32H44ClN5O6S. The molecule has 3 aromatic rings. The quantitative estimate of drug-likeness (QED) is 0.211. The first-order chi connectivity index (χ1) is 20.8. The van der Waals surface area contributed by atoms with Gasteiger partial charge in [0, 0.05) is 67.1 Å². The average molecular weight is 662 g/mol. The normalized spacial score (nSPS) is 17.5. The Morgan fingerprint density at radius 3 is 2.44 bits per heavy atom. The lowest BCUT2D eigenvalue weighted by atomic mass is 9.74. The maximum Gasteiger partial charge on any atom is 0.245 e. The van der Waals surface area contributed by atoms with Crippen molar-refractivity contribution in [3.8, 4) is 0 Å². The molecular weight excluding hydrogens is 618 g/mol. The number of carbonyl (C=O) groups excluding carboxylic acids is 2. The van der Waals surface area contributed by atoms with Gasteiger partial charge in [-0.25, -0.2) is 8.42 Å². The molecule has 5 rings (SSSR count). The lowest BCUT2D eigenvalue weighted by Gasteiger charge is -2.41. The number of aliphatic hydroxyl groups excluding tert-OH is 2. The molecule has 11 nitrogen and oxygen atoms in total. The Balaban J connectivity index is 0.00000461. The number of β-amino-alcohol motifs (C(OH)–C–C–N with tert-alkyl or cyclic N) is 1. The van der Waals surface area contributed by atoms with Gasteiger partial charge >= 0.3 is 0 Å². The van der Waals surface area contributed by atoms with E-state index < -0.39 is 27.7 Å². The molecule has 0 radical (unpaired) electrons. The van der Waals surface area contributed by atoms with Crippen molar-refractivity contribution in [3.63, 3.8) is 0 Å². The molecule has 2 aliphatic rings. The number of aromatic nitrogens is 1. The van der Waals surface area contributed by atoms with Gasteiger partial charge in [-0.15, -0.1) is 12.4 Å². The number of hydrogen-bond acceptors (Lipinski definition) is 7. The minimum atomic E-state index is -3.45. The number of para-hydroxylation sites is 2. The molecule has 246 valence electrons. The first-order valence-corrected chi connectivity index (χ1v) is 16.9. The zero-order valence-corrected chi connectivity index (χ0v) is 27.6. The minimum absolute atomic E-state index is 0. The van der Waals surface area contributed by atoms with Gasteiger partial charge in [0.05, 0.1) is 24.7 Å². The maximum atomic E-state index is 14.1. The molecule has 0 bridgehead atoms. The molecule has 2 aliphatic heterocycles. The highest BCUT2D eigenvalue weighted by molar-refractivity contribution is 7.92. The smallest absolute Gasteiger partial charge is 0.245 e. The summed E-state index contributed by atoms with van der Waals surface area (Å²) in [7, 11) is -3.45. The average Bonchev–Trinajstić information content (AvgIpc) is 3.55. The number of hydrogen-bond donors (Lipinski definition) is 5. The van der Waals surface area contributed by atoms with Gasteiger partial charge in [-0.2, -0.15) is 0 Å². The maximum absolute atomic E-state index is 14.1. The fourth-order valence-corrected chi connectivity index (χ4v) is 7.57. The number of fused-ring (bicyclic) bond motifs is 3. The summed E-state index contributed by atoms with van der Waals surface area (Å²) in [4.78, 5) is 32.5. The number of benzene rings is 2. The molecule has 2 atom stereocenters. The number of nitrogens with one attached hydrogen (secondary N) is 3. The molecule has 1 saturated heterocycles. The Labute approximate surface area is 270 Å². The molecule has 13 heteroatoms. The summed E-state index contributed by atoms with van der Waals surface area (Å²) in [5.74, 6) is -0.479. The summed E-state index contributed by atoms with van der Waals surface area (Å²) in [6, 6.07) is 14.6. The Hall–Kier alpha value is -3.16. The molecule has 0 unspecified atom stereocenters. The Morgan fingerprint density at radius 2 is 1.76 bits per heavy atom. The number of piperidine rings is 1. The summed E-state index contributed by atoms with van der Waals surface area (Å²) in [5, 5.41) is 26.0. The fraction of sp³-hybridized carbons (Fsp3) is 0.500. The van der Waals surface area contributed by atoms with Crippen LogP contribution in [0.1, 0.15) is 44.2 Å². The summed E-state index contributed by atoms with van der Waals surface area (Å²) in [5.41, 5.74) is 2.52. The van der Waals surface area contributed by atoms with E-state index in [0.717, 1.165) is 22.0 Å². The van der Waals surface area contributed by atoms with E-state index in [4.69, 9.17) is 5.11 Å². The molecule has 0 saturated carbocycles. The number of amides is 2. The predicted octanol–water partition coefficient (Wildman–Crippen LogP) is 2.07. The van der Waals surface area contributed by atoms with Crippen LogP contribution in [0, 0.1) is 0 Å². The number of halogens is 1. The highest BCUT2D eigenvalue weighted by Crippen LogP contribution is 2.47. The largest absolute Gasteiger partial charge is 0.394 e. The fourth-order valence-electron chi connectivity index (χ4n) is 6.57. The highest BCUT2D eigenvalue weighted by atomic mass is 35.5. The van der Waals surface area contributed by atoms with Crippen LogP contribution < -0.4 is 14.9 Å². The van der Waals surface area contributed by atoms with Gasteiger partial charge in [0.1, 0.15) is 6.04 Å². The van der Waals surface area contributed by atoms with E-state index in [1.807, 2.05) is 68.6 Å². The molecule has 3 heterocycles. The first kappa shape index (κ1) is 34.7. The van der Waals surface area contributed by atoms with Crippen molar-refractivity contribution >= 4 is 50.8 Å². The molecule has 1 spiro atoms. The minimum Gasteiger partial charge on any atom is -0.394 e. The van der Waals surface area contributed by atoms with Crippen LogP contribution in [0.15, 0.2) is 54.7 Å². The third kappa shape index (κ3) is 7.63. The van der Waals surface area contributed by atoms with Gasteiger partial charge in [-0.3, -0.25) is 13.9 Å². The number of H-pyrrole nitrogens is 1. The van der Waals surface area contributed by atoms with E-state index in [-0.39, 0.29) is 49.2 Å². The first-order valence-electron chi connectivity index (χ1n) is 15.1. The number of aliphatic hydroxyl groups is 2. The summed E-state index contributed by atoms with van der Waals surface area (Å²) < 4.78 is 26.7. The lowest BCUT2D eigenvalue weighted by Crippen LogP contribution is -2.55. The molecule has 0 aliphatic carbocycles. The van der Waals surface area contributed by atoms with Gasteiger partial charge in [-0.05, 0) is 49.9 Å².